The molecule has 0 amide bonds. The summed E-state index contributed by atoms with van der Waals surface area (Å²) in [4.78, 5) is 4.01. The minimum absolute atomic E-state index is 0.107. The van der Waals surface area contributed by atoms with Crippen molar-refractivity contribution in [3.63, 3.8) is 0 Å². The lowest BCUT2D eigenvalue weighted by Crippen LogP contribution is -2.06. The first-order chi connectivity index (χ1) is 8.19. The van der Waals surface area contributed by atoms with Crippen molar-refractivity contribution in [1.29, 1.82) is 15.8 Å². The highest BCUT2D eigenvalue weighted by atomic mass is 16.5. The molecule has 1 aromatic rings. The summed E-state index contributed by atoms with van der Waals surface area (Å²) >= 11 is 0. The second-order valence-electron chi connectivity index (χ2n) is 3.30. The number of nitriles is 3. The van der Waals surface area contributed by atoms with Gasteiger partial charge in [0.25, 0.3) is 0 Å². The zero-order chi connectivity index (χ0) is 12.8. The summed E-state index contributed by atoms with van der Waals surface area (Å²) < 4.78 is 6.36. The molecule has 6 heteroatoms. The molecule has 1 atom stereocenters. The summed E-state index contributed by atoms with van der Waals surface area (Å²) in [6, 6.07) is 3.89. The fourth-order valence-corrected chi connectivity index (χ4v) is 1.43. The van der Waals surface area contributed by atoms with Gasteiger partial charge in [-0.3, -0.25) is 0 Å². The summed E-state index contributed by atoms with van der Waals surface area (Å²) in [5, 5.41) is 26.9. The predicted octanol–water partition coefficient (Wildman–Crippen LogP) is 1.25. The van der Waals surface area contributed by atoms with E-state index in [9.17, 15) is 0 Å². The molecule has 0 N–H and O–H groups in total. The molecule has 0 radical (unpaired) electrons. The number of nitrogens with zero attached hydrogens (tertiary/aromatic N) is 5. The SMILES string of the molecule is CCOCc1nc(C#N)c(C(C)C#N)n1C#N. The molecule has 86 valence electrons. The Bertz CT molecular complexity index is 526. The maximum Gasteiger partial charge on any atom is 0.190 e. The van der Waals surface area contributed by atoms with Gasteiger partial charge in [-0.25, -0.2) is 9.55 Å². The molecule has 0 aliphatic heterocycles. The molecule has 6 nitrogen and oxygen atoms in total. The second kappa shape index (κ2) is 5.65. The third-order valence-electron chi connectivity index (χ3n) is 2.23. The van der Waals surface area contributed by atoms with Gasteiger partial charge in [-0.15, -0.1) is 0 Å². The summed E-state index contributed by atoms with van der Waals surface area (Å²) in [7, 11) is 0. The molecule has 0 aromatic carbocycles. The highest BCUT2D eigenvalue weighted by molar-refractivity contribution is 5.36. The molecule has 0 aliphatic rings. The zero-order valence-electron chi connectivity index (χ0n) is 9.64. The summed E-state index contributed by atoms with van der Waals surface area (Å²) in [5.74, 6) is -0.213. The number of hydrogen-bond donors (Lipinski definition) is 0. The molecule has 1 unspecified atom stereocenters. The standard InChI is InChI=1S/C11H11N5O/c1-3-17-6-10-15-9(5-13)11(8(2)4-12)16(10)7-14/h8H,3,6H2,1-2H3. The molecule has 0 bridgehead atoms. The number of hydrogen-bond acceptors (Lipinski definition) is 5. The Morgan fingerprint density at radius 1 is 1.41 bits per heavy atom. The third-order valence-corrected chi connectivity index (χ3v) is 2.23. The number of imidazole rings is 1. The highest BCUT2D eigenvalue weighted by Gasteiger charge is 2.21. The van der Waals surface area contributed by atoms with Crippen molar-refractivity contribution in [1.82, 2.24) is 9.55 Å². The van der Waals surface area contributed by atoms with Crippen molar-refractivity contribution < 1.29 is 4.74 Å². The van der Waals surface area contributed by atoms with E-state index >= 15 is 0 Å². The number of aromatic nitrogens is 2. The summed E-state index contributed by atoms with van der Waals surface area (Å²) in [5.41, 5.74) is 0.433. The largest absolute Gasteiger partial charge is 0.374 e. The Labute approximate surface area is 99.3 Å². The Morgan fingerprint density at radius 3 is 2.59 bits per heavy atom. The van der Waals surface area contributed by atoms with Crippen LogP contribution in [0.3, 0.4) is 0 Å². The van der Waals surface area contributed by atoms with Crippen molar-refractivity contribution in [3.05, 3.63) is 17.2 Å². The normalized spacial score (nSPS) is 11.2. The quantitative estimate of drug-likeness (QED) is 0.773. The van der Waals surface area contributed by atoms with Gasteiger partial charge in [0.1, 0.15) is 18.5 Å². The minimum atomic E-state index is -0.563. The van der Waals surface area contributed by atoms with Crippen LogP contribution in [0.1, 0.15) is 37.0 Å². The lowest BCUT2D eigenvalue weighted by atomic mass is 10.1. The van der Waals surface area contributed by atoms with E-state index in [4.69, 9.17) is 20.5 Å². The fraction of sp³-hybridized carbons (Fsp3) is 0.455. The van der Waals surface area contributed by atoms with Gasteiger partial charge < -0.3 is 4.74 Å². The summed E-state index contributed by atoms with van der Waals surface area (Å²) in [6.45, 7) is 4.08. The third kappa shape index (κ3) is 2.42. The van der Waals surface area contributed by atoms with E-state index in [1.807, 2.05) is 25.3 Å². The molecular weight excluding hydrogens is 218 g/mol. The smallest absolute Gasteiger partial charge is 0.190 e. The van der Waals surface area contributed by atoms with E-state index < -0.39 is 5.92 Å². The monoisotopic (exact) mass is 229 g/mol. The van der Waals surface area contributed by atoms with Gasteiger partial charge in [-0.2, -0.15) is 15.8 Å². The van der Waals surface area contributed by atoms with E-state index in [2.05, 4.69) is 4.98 Å². The van der Waals surface area contributed by atoms with Crippen LogP contribution in [-0.2, 0) is 11.3 Å². The van der Waals surface area contributed by atoms with Crippen LogP contribution in [0, 0.1) is 34.1 Å². The van der Waals surface area contributed by atoms with Gasteiger partial charge in [0.2, 0.25) is 0 Å². The van der Waals surface area contributed by atoms with Crippen LogP contribution in [0.2, 0.25) is 0 Å². The first kappa shape index (κ1) is 12.7. The average Bonchev–Trinajstić information content (AvgIpc) is 2.72. The van der Waals surface area contributed by atoms with Gasteiger partial charge in [-0.1, -0.05) is 0 Å². The van der Waals surface area contributed by atoms with Gasteiger partial charge >= 0.3 is 0 Å². The molecule has 0 saturated carbocycles. The zero-order valence-corrected chi connectivity index (χ0v) is 9.64. The van der Waals surface area contributed by atoms with Crippen LogP contribution in [0.25, 0.3) is 0 Å². The van der Waals surface area contributed by atoms with Gasteiger partial charge in [0.15, 0.2) is 11.9 Å². The van der Waals surface area contributed by atoms with Crippen LogP contribution in [0.15, 0.2) is 0 Å². The predicted molar refractivity (Wildman–Crippen MR) is 57.3 cm³/mol. The van der Waals surface area contributed by atoms with Crippen molar-refractivity contribution in [2.45, 2.75) is 26.4 Å². The fourth-order valence-electron chi connectivity index (χ4n) is 1.43. The van der Waals surface area contributed by atoms with Crippen LogP contribution >= 0.6 is 0 Å². The van der Waals surface area contributed by atoms with Crippen LogP contribution in [-0.4, -0.2) is 16.2 Å². The molecule has 0 saturated heterocycles. The topological polar surface area (TPSA) is 98.4 Å². The second-order valence-corrected chi connectivity index (χ2v) is 3.30. The van der Waals surface area contributed by atoms with E-state index in [1.54, 1.807) is 6.92 Å². The highest BCUT2D eigenvalue weighted by Crippen LogP contribution is 2.20. The van der Waals surface area contributed by atoms with E-state index in [0.717, 1.165) is 0 Å². The number of rotatable bonds is 4. The Kier molecular flexibility index (Phi) is 4.22. The molecule has 0 fully saturated rings. The lowest BCUT2D eigenvalue weighted by Gasteiger charge is -2.04. The first-order valence-electron chi connectivity index (χ1n) is 5.08. The molecule has 17 heavy (non-hydrogen) atoms. The molecule has 0 spiro atoms. The lowest BCUT2D eigenvalue weighted by molar-refractivity contribution is 0.127. The first-order valence-corrected chi connectivity index (χ1v) is 5.08. The van der Waals surface area contributed by atoms with Crippen LogP contribution in [0.5, 0.6) is 0 Å². The Balaban J connectivity index is 3.29. The average molecular weight is 229 g/mol. The molecule has 1 heterocycles. The number of ether oxygens (including phenoxy) is 1. The van der Waals surface area contributed by atoms with Gasteiger partial charge in [0, 0.05) is 6.61 Å². The van der Waals surface area contributed by atoms with E-state index in [0.29, 0.717) is 18.1 Å². The van der Waals surface area contributed by atoms with Gasteiger partial charge in [0.05, 0.1) is 17.7 Å². The van der Waals surface area contributed by atoms with Crippen LogP contribution in [0.4, 0.5) is 0 Å². The maximum atomic E-state index is 9.05. The van der Waals surface area contributed by atoms with Crippen molar-refractivity contribution in [2.24, 2.45) is 0 Å². The minimum Gasteiger partial charge on any atom is -0.374 e. The van der Waals surface area contributed by atoms with Gasteiger partial charge in [-0.05, 0) is 13.8 Å². The Hall–Kier alpha value is -2.36. The van der Waals surface area contributed by atoms with Crippen LogP contribution < -0.4 is 0 Å². The van der Waals surface area contributed by atoms with Crippen molar-refractivity contribution in [3.8, 4) is 18.3 Å². The Morgan fingerprint density at radius 2 is 2.12 bits per heavy atom. The van der Waals surface area contributed by atoms with Crippen molar-refractivity contribution >= 4 is 0 Å². The van der Waals surface area contributed by atoms with Crippen molar-refractivity contribution in [2.75, 3.05) is 6.61 Å². The molecule has 1 rings (SSSR count). The molecule has 0 aliphatic carbocycles. The maximum absolute atomic E-state index is 9.05. The molecule has 1 aromatic heterocycles. The van der Waals surface area contributed by atoms with E-state index in [-0.39, 0.29) is 12.3 Å². The summed E-state index contributed by atoms with van der Waals surface area (Å²) in [6.07, 6.45) is 1.91. The van der Waals surface area contributed by atoms with E-state index in [1.165, 1.54) is 4.57 Å². The molecular formula is C11H11N5O.